The number of hydrogen-bond donors (Lipinski definition) is 1. The molecule has 4 heteroatoms. The summed E-state index contributed by atoms with van der Waals surface area (Å²) in [5.41, 5.74) is 1.67. The molecule has 0 atom stereocenters. The lowest BCUT2D eigenvalue weighted by Gasteiger charge is -2.10. The largest absolute Gasteiger partial charge is 0.453 e. The first-order chi connectivity index (χ1) is 10.3. The molecule has 1 amide bonds. The molecule has 1 aliphatic carbocycles. The van der Waals surface area contributed by atoms with Crippen LogP contribution in [0.5, 0.6) is 0 Å². The van der Waals surface area contributed by atoms with Gasteiger partial charge in [0.25, 0.3) is 0 Å². The monoisotopic (exact) mass is 283 g/mol. The van der Waals surface area contributed by atoms with Crippen molar-refractivity contribution in [1.29, 1.82) is 0 Å². The SMILES string of the molecule is O=Cc1ccc(-c2ccc(NC(=O)C3CCCC3)cc2)o1. The number of rotatable bonds is 4. The average molecular weight is 283 g/mol. The summed E-state index contributed by atoms with van der Waals surface area (Å²) in [5, 5.41) is 2.95. The van der Waals surface area contributed by atoms with Crippen molar-refractivity contribution in [3.63, 3.8) is 0 Å². The van der Waals surface area contributed by atoms with E-state index in [4.69, 9.17) is 4.42 Å². The van der Waals surface area contributed by atoms with Gasteiger partial charge in [-0.3, -0.25) is 9.59 Å². The van der Waals surface area contributed by atoms with Gasteiger partial charge in [-0.05, 0) is 49.2 Å². The van der Waals surface area contributed by atoms with Crippen molar-refractivity contribution >= 4 is 17.9 Å². The molecule has 1 N–H and O–H groups in total. The van der Waals surface area contributed by atoms with Gasteiger partial charge in [-0.2, -0.15) is 0 Å². The van der Waals surface area contributed by atoms with E-state index >= 15 is 0 Å². The number of nitrogens with one attached hydrogen (secondary N) is 1. The maximum Gasteiger partial charge on any atom is 0.227 e. The van der Waals surface area contributed by atoms with Gasteiger partial charge < -0.3 is 9.73 Å². The van der Waals surface area contributed by atoms with Crippen LogP contribution < -0.4 is 5.32 Å². The van der Waals surface area contributed by atoms with Gasteiger partial charge in [0.05, 0.1) is 0 Å². The third-order valence-corrected chi connectivity index (χ3v) is 3.91. The minimum atomic E-state index is 0.112. The van der Waals surface area contributed by atoms with E-state index in [0.717, 1.165) is 36.9 Å². The Morgan fingerprint density at radius 1 is 1.10 bits per heavy atom. The van der Waals surface area contributed by atoms with Crippen molar-refractivity contribution in [2.45, 2.75) is 25.7 Å². The van der Waals surface area contributed by atoms with Crippen molar-refractivity contribution in [2.24, 2.45) is 5.92 Å². The highest BCUT2D eigenvalue weighted by Gasteiger charge is 2.22. The number of benzene rings is 1. The zero-order valence-corrected chi connectivity index (χ0v) is 11.7. The molecule has 4 nitrogen and oxygen atoms in total. The standard InChI is InChI=1S/C17H17NO3/c19-11-15-9-10-16(21-15)12-5-7-14(8-6-12)18-17(20)13-3-1-2-4-13/h5-11,13H,1-4H2,(H,18,20). The molecule has 0 saturated heterocycles. The molecule has 1 fully saturated rings. The van der Waals surface area contributed by atoms with Crippen LogP contribution in [0.2, 0.25) is 0 Å². The predicted octanol–water partition coefficient (Wildman–Crippen LogP) is 3.89. The Balaban J connectivity index is 1.68. The van der Waals surface area contributed by atoms with E-state index in [1.807, 2.05) is 24.3 Å². The lowest BCUT2D eigenvalue weighted by molar-refractivity contribution is -0.119. The smallest absolute Gasteiger partial charge is 0.227 e. The highest BCUT2D eigenvalue weighted by Crippen LogP contribution is 2.27. The summed E-state index contributed by atoms with van der Waals surface area (Å²) >= 11 is 0. The number of aldehydes is 1. The van der Waals surface area contributed by atoms with Crippen molar-refractivity contribution in [1.82, 2.24) is 0 Å². The Kier molecular flexibility index (Phi) is 3.86. The zero-order chi connectivity index (χ0) is 14.7. The van der Waals surface area contributed by atoms with E-state index in [-0.39, 0.29) is 11.8 Å². The number of amides is 1. The second kappa shape index (κ2) is 5.95. The van der Waals surface area contributed by atoms with Gasteiger partial charge in [-0.1, -0.05) is 12.8 Å². The Bertz CT molecular complexity index is 636. The number of furan rings is 1. The van der Waals surface area contributed by atoms with Crippen LogP contribution in [0.1, 0.15) is 36.2 Å². The van der Waals surface area contributed by atoms with Gasteiger partial charge in [0.15, 0.2) is 12.0 Å². The van der Waals surface area contributed by atoms with Crippen LogP contribution in [0.3, 0.4) is 0 Å². The molecule has 0 bridgehead atoms. The Labute approximate surface area is 123 Å². The highest BCUT2D eigenvalue weighted by molar-refractivity contribution is 5.92. The maximum atomic E-state index is 12.0. The van der Waals surface area contributed by atoms with E-state index in [1.54, 1.807) is 12.1 Å². The summed E-state index contributed by atoms with van der Waals surface area (Å²) in [6.07, 6.45) is 4.96. The molecule has 2 aromatic rings. The van der Waals surface area contributed by atoms with Gasteiger partial charge in [0, 0.05) is 17.2 Å². The maximum absolute atomic E-state index is 12.0. The number of carbonyl (C=O) groups excluding carboxylic acids is 2. The first-order valence-corrected chi connectivity index (χ1v) is 7.22. The third-order valence-electron chi connectivity index (χ3n) is 3.91. The van der Waals surface area contributed by atoms with Crippen LogP contribution in [0.4, 0.5) is 5.69 Å². The quantitative estimate of drug-likeness (QED) is 0.866. The molecule has 0 unspecified atom stereocenters. The van der Waals surface area contributed by atoms with Crippen molar-refractivity contribution in [3.8, 4) is 11.3 Å². The second-order valence-corrected chi connectivity index (χ2v) is 5.37. The van der Waals surface area contributed by atoms with Crippen LogP contribution in [0.25, 0.3) is 11.3 Å². The summed E-state index contributed by atoms with van der Waals surface area (Å²) in [6.45, 7) is 0. The first-order valence-electron chi connectivity index (χ1n) is 7.22. The van der Waals surface area contributed by atoms with Gasteiger partial charge in [-0.25, -0.2) is 0 Å². The summed E-state index contributed by atoms with van der Waals surface area (Å²) < 4.78 is 5.37. The van der Waals surface area contributed by atoms with Crippen molar-refractivity contribution in [2.75, 3.05) is 5.32 Å². The summed E-state index contributed by atoms with van der Waals surface area (Å²) in [6, 6.07) is 10.8. The van der Waals surface area contributed by atoms with Gasteiger partial charge >= 0.3 is 0 Å². The minimum absolute atomic E-state index is 0.112. The molecule has 0 aliphatic heterocycles. The summed E-state index contributed by atoms with van der Waals surface area (Å²) in [4.78, 5) is 22.7. The van der Waals surface area contributed by atoms with Gasteiger partial charge in [-0.15, -0.1) is 0 Å². The lowest BCUT2D eigenvalue weighted by Crippen LogP contribution is -2.20. The molecule has 0 spiro atoms. The predicted molar refractivity (Wildman–Crippen MR) is 80.1 cm³/mol. The lowest BCUT2D eigenvalue weighted by atomic mass is 10.1. The number of hydrogen-bond acceptors (Lipinski definition) is 3. The first kappa shape index (κ1) is 13.6. The van der Waals surface area contributed by atoms with E-state index in [9.17, 15) is 9.59 Å². The Morgan fingerprint density at radius 3 is 2.43 bits per heavy atom. The van der Waals surface area contributed by atoms with E-state index in [1.165, 1.54) is 0 Å². The molecule has 1 aromatic heterocycles. The van der Waals surface area contributed by atoms with Gasteiger partial charge in [0.1, 0.15) is 5.76 Å². The highest BCUT2D eigenvalue weighted by atomic mass is 16.3. The zero-order valence-electron chi connectivity index (χ0n) is 11.7. The molecular formula is C17H17NO3. The van der Waals surface area contributed by atoms with Crippen LogP contribution in [-0.2, 0) is 4.79 Å². The molecule has 1 aromatic carbocycles. The van der Waals surface area contributed by atoms with Crippen LogP contribution in [-0.4, -0.2) is 12.2 Å². The summed E-state index contributed by atoms with van der Waals surface area (Å²) in [7, 11) is 0. The number of anilines is 1. The molecule has 1 aliphatic rings. The molecule has 1 heterocycles. The van der Waals surface area contributed by atoms with E-state index in [2.05, 4.69) is 5.32 Å². The van der Waals surface area contributed by atoms with Crippen LogP contribution >= 0.6 is 0 Å². The van der Waals surface area contributed by atoms with E-state index < -0.39 is 0 Å². The fourth-order valence-electron chi connectivity index (χ4n) is 2.72. The Morgan fingerprint density at radius 2 is 1.81 bits per heavy atom. The van der Waals surface area contributed by atoms with Crippen molar-refractivity contribution < 1.29 is 14.0 Å². The molecular weight excluding hydrogens is 266 g/mol. The molecule has 3 rings (SSSR count). The normalized spacial score (nSPS) is 15.0. The molecule has 108 valence electrons. The van der Waals surface area contributed by atoms with E-state index in [0.29, 0.717) is 17.8 Å². The topological polar surface area (TPSA) is 59.3 Å². The molecule has 0 radical (unpaired) electrons. The molecule has 1 saturated carbocycles. The average Bonchev–Trinajstić information content (AvgIpc) is 3.19. The third kappa shape index (κ3) is 3.05. The minimum Gasteiger partial charge on any atom is -0.453 e. The van der Waals surface area contributed by atoms with Crippen LogP contribution in [0, 0.1) is 5.92 Å². The number of carbonyl (C=O) groups is 2. The summed E-state index contributed by atoms with van der Waals surface area (Å²) in [5.74, 6) is 1.22. The Hall–Kier alpha value is -2.36. The van der Waals surface area contributed by atoms with Crippen LogP contribution in [0.15, 0.2) is 40.8 Å². The fraction of sp³-hybridized carbons (Fsp3) is 0.294. The molecule has 21 heavy (non-hydrogen) atoms. The second-order valence-electron chi connectivity index (χ2n) is 5.37. The van der Waals surface area contributed by atoms with Crippen molar-refractivity contribution in [3.05, 3.63) is 42.2 Å². The fourth-order valence-corrected chi connectivity index (χ4v) is 2.72. The van der Waals surface area contributed by atoms with Gasteiger partial charge in [0.2, 0.25) is 5.91 Å².